The highest BCUT2D eigenvalue weighted by Gasteiger charge is 2.11. The largest absolute Gasteiger partial charge is 0.496 e. The molecular formula is C18H23ClN2O2. The number of hydrogen-bond donors (Lipinski definition) is 1. The van der Waals surface area contributed by atoms with Crippen LogP contribution in [0.4, 0.5) is 5.69 Å². The van der Waals surface area contributed by atoms with E-state index in [0.717, 1.165) is 22.4 Å². The normalized spacial score (nSPS) is 9.87. The highest BCUT2D eigenvalue weighted by Crippen LogP contribution is 2.19. The Morgan fingerprint density at radius 1 is 1.13 bits per heavy atom. The first-order chi connectivity index (χ1) is 10.5. The molecule has 0 atom stereocenters. The van der Waals surface area contributed by atoms with E-state index in [9.17, 15) is 4.79 Å². The van der Waals surface area contributed by atoms with Gasteiger partial charge in [-0.15, -0.1) is 12.4 Å². The maximum Gasteiger partial charge on any atom is 0.227 e. The van der Waals surface area contributed by atoms with Crippen LogP contribution < -0.4 is 10.5 Å². The molecule has 1 amide bonds. The number of rotatable bonds is 5. The summed E-state index contributed by atoms with van der Waals surface area (Å²) in [6, 6.07) is 13.4. The molecule has 124 valence electrons. The fourth-order valence-corrected chi connectivity index (χ4v) is 2.35. The Kier molecular flexibility index (Phi) is 6.91. The van der Waals surface area contributed by atoms with Gasteiger partial charge in [0, 0.05) is 19.3 Å². The van der Waals surface area contributed by atoms with Crippen molar-refractivity contribution in [2.45, 2.75) is 19.9 Å². The summed E-state index contributed by atoms with van der Waals surface area (Å²) in [4.78, 5) is 14.0. The maximum absolute atomic E-state index is 12.3. The molecule has 5 heteroatoms. The molecule has 2 N–H and O–H groups in total. The standard InChI is InChI=1S/C18H22N2O2.ClH/c1-13-10-15(6-9-17(13)22-3)12-20(2)18(21)11-14-4-7-16(19)8-5-14;/h4-10H,11-12,19H2,1-3H3;1H. The van der Waals surface area contributed by atoms with Crippen molar-refractivity contribution in [1.29, 1.82) is 0 Å². The number of benzene rings is 2. The van der Waals surface area contributed by atoms with E-state index in [1.807, 2.05) is 56.4 Å². The number of amides is 1. The number of hydrogen-bond acceptors (Lipinski definition) is 3. The number of nitrogens with zero attached hydrogens (tertiary/aromatic N) is 1. The molecule has 2 aromatic carbocycles. The fraction of sp³-hybridized carbons (Fsp3) is 0.278. The lowest BCUT2D eigenvalue weighted by Crippen LogP contribution is -2.27. The minimum absolute atomic E-state index is 0. The molecular weight excluding hydrogens is 312 g/mol. The number of methoxy groups -OCH3 is 1. The number of carbonyl (C=O) groups is 1. The number of anilines is 1. The van der Waals surface area contributed by atoms with Gasteiger partial charge in [0.1, 0.15) is 5.75 Å². The molecule has 0 spiro atoms. The third-order valence-corrected chi connectivity index (χ3v) is 3.64. The Balaban J connectivity index is 0.00000264. The zero-order valence-electron chi connectivity index (χ0n) is 13.7. The molecule has 0 heterocycles. The van der Waals surface area contributed by atoms with Gasteiger partial charge in [-0.3, -0.25) is 4.79 Å². The highest BCUT2D eigenvalue weighted by molar-refractivity contribution is 5.85. The molecule has 4 nitrogen and oxygen atoms in total. The molecule has 0 fully saturated rings. The van der Waals surface area contributed by atoms with E-state index in [-0.39, 0.29) is 18.3 Å². The molecule has 2 rings (SSSR count). The Labute approximate surface area is 143 Å². The van der Waals surface area contributed by atoms with Crippen molar-refractivity contribution in [3.05, 3.63) is 59.2 Å². The first-order valence-electron chi connectivity index (χ1n) is 7.21. The van der Waals surface area contributed by atoms with E-state index in [1.165, 1.54) is 0 Å². The van der Waals surface area contributed by atoms with Gasteiger partial charge in [-0.25, -0.2) is 0 Å². The average molecular weight is 335 g/mol. The predicted molar refractivity (Wildman–Crippen MR) is 96.0 cm³/mol. The smallest absolute Gasteiger partial charge is 0.227 e. The Hall–Kier alpha value is -2.20. The van der Waals surface area contributed by atoms with E-state index in [2.05, 4.69) is 0 Å². The summed E-state index contributed by atoms with van der Waals surface area (Å²) in [6.45, 7) is 2.58. The van der Waals surface area contributed by atoms with Crippen LogP contribution in [0.2, 0.25) is 0 Å². The zero-order valence-corrected chi connectivity index (χ0v) is 14.5. The predicted octanol–water partition coefficient (Wildman–Crippen LogP) is 3.21. The van der Waals surface area contributed by atoms with Gasteiger partial charge in [-0.1, -0.05) is 24.3 Å². The number of nitrogen functional groups attached to an aromatic ring is 1. The van der Waals surface area contributed by atoms with E-state index < -0.39 is 0 Å². The number of halogens is 1. The molecule has 0 saturated heterocycles. The van der Waals surface area contributed by atoms with E-state index >= 15 is 0 Å². The fourth-order valence-electron chi connectivity index (χ4n) is 2.35. The molecule has 2 aromatic rings. The second kappa shape index (κ2) is 8.44. The van der Waals surface area contributed by atoms with Crippen LogP contribution in [-0.2, 0) is 17.8 Å². The van der Waals surface area contributed by atoms with Gasteiger partial charge in [0.05, 0.1) is 13.5 Å². The molecule has 0 aromatic heterocycles. The molecule has 0 aliphatic carbocycles. The first kappa shape index (κ1) is 18.8. The summed E-state index contributed by atoms with van der Waals surface area (Å²) < 4.78 is 5.25. The number of ether oxygens (including phenoxy) is 1. The average Bonchev–Trinajstić information content (AvgIpc) is 2.49. The van der Waals surface area contributed by atoms with Crippen molar-refractivity contribution >= 4 is 24.0 Å². The van der Waals surface area contributed by atoms with Gasteiger partial charge in [0.15, 0.2) is 0 Å². The monoisotopic (exact) mass is 334 g/mol. The molecule has 0 saturated carbocycles. The molecule has 0 bridgehead atoms. The van der Waals surface area contributed by atoms with E-state index in [0.29, 0.717) is 18.7 Å². The van der Waals surface area contributed by atoms with E-state index in [1.54, 1.807) is 12.0 Å². The summed E-state index contributed by atoms with van der Waals surface area (Å²) in [5, 5.41) is 0. The topological polar surface area (TPSA) is 55.6 Å². The summed E-state index contributed by atoms with van der Waals surface area (Å²) in [5.74, 6) is 0.942. The summed E-state index contributed by atoms with van der Waals surface area (Å²) in [6.07, 6.45) is 0.381. The third kappa shape index (κ3) is 5.18. The number of likely N-dealkylation sites (N-methyl/N-ethyl adjacent to an activating group) is 1. The minimum Gasteiger partial charge on any atom is -0.496 e. The lowest BCUT2D eigenvalue weighted by molar-refractivity contribution is -0.129. The number of carbonyl (C=O) groups excluding carboxylic acids is 1. The summed E-state index contributed by atoms with van der Waals surface area (Å²) >= 11 is 0. The van der Waals surface area contributed by atoms with Crippen LogP contribution in [0.1, 0.15) is 16.7 Å². The molecule has 0 radical (unpaired) electrons. The number of aryl methyl sites for hydroxylation is 1. The Morgan fingerprint density at radius 2 is 1.74 bits per heavy atom. The van der Waals surface area contributed by atoms with Gasteiger partial charge in [-0.05, 0) is 41.8 Å². The highest BCUT2D eigenvalue weighted by atomic mass is 35.5. The van der Waals surface area contributed by atoms with Crippen molar-refractivity contribution in [3.63, 3.8) is 0 Å². The van der Waals surface area contributed by atoms with Gasteiger partial charge in [0.25, 0.3) is 0 Å². The van der Waals surface area contributed by atoms with Gasteiger partial charge in [0.2, 0.25) is 5.91 Å². The first-order valence-corrected chi connectivity index (χ1v) is 7.21. The molecule has 0 aliphatic rings. The van der Waals surface area contributed by atoms with Crippen LogP contribution in [0.15, 0.2) is 42.5 Å². The zero-order chi connectivity index (χ0) is 16.1. The van der Waals surface area contributed by atoms with Crippen LogP contribution >= 0.6 is 12.4 Å². The van der Waals surface area contributed by atoms with Gasteiger partial charge in [-0.2, -0.15) is 0 Å². The van der Waals surface area contributed by atoms with Crippen molar-refractivity contribution in [3.8, 4) is 5.75 Å². The second-order valence-corrected chi connectivity index (χ2v) is 5.47. The number of nitrogens with two attached hydrogens (primary N) is 1. The van der Waals surface area contributed by atoms with Crippen molar-refractivity contribution in [1.82, 2.24) is 4.90 Å². The van der Waals surface area contributed by atoms with Crippen molar-refractivity contribution in [2.24, 2.45) is 0 Å². The summed E-state index contributed by atoms with van der Waals surface area (Å²) in [5.41, 5.74) is 9.49. The lowest BCUT2D eigenvalue weighted by Gasteiger charge is -2.18. The quantitative estimate of drug-likeness (QED) is 0.854. The van der Waals surface area contributed by atoms with Crippen LogP contribution in [-0.4, -0.2) is 25.0 Å². The van der Waals surface area contributed by atoms with Crippen LogP contribution in [0, 0.1) is 6.92 Å². The van der Waals surface area contributed by atoms with Crippen molar-refractivity contribution < 1.29 is 9.53 Å². The van der Waals surface area contributed by atoms with Gasteiger partial charge < -0.3 is 15.4 Å². The third-order valence-electron chi connectivity index (χ3n) is 3.64. The molecule has 0 unspecified atom stereocenters. The van der Waals surface area contributed by atoms with Crippen LogP contribution in [0.5, 0.6) is 5.75 Å². The van der Waals surface area contributed by atoms with E-state index in [4.69, 9.17) is 10.5 Å². The summed E-state index contributed by atoms with van der Waals surface area (Å²) in [7, 11) is 3.48. The Bertz CT molecular complexity index is 657. The maximum atomic E-state index is 12.3. The SMILES string of the molecule is COc1ccc(CN(C)C(=O)Cc2ccc(N)cc2)cc1C.Cl. The van der Waals surface area contributed by atoms with Crippen LogP contribution in [0.3, 0.4) is 0 Å². The van der Waals surface area contributed by atoms with Crippen molar-refractivity contribution in [2.75, 3.05) is 19.9 Å². The Morgan fingerprint density at radius 3 is 2.30 bits per heavy atom. The second-order valence-electron chi connectivity index (χ2n) is 5.47. The molecule has 23 heavy (non-hydrogen) atoms. The van der Waals surface area contributed by atoms with Crippen LogP contribution in [0.25, 0.3) is 0 Å². The minimum atomic E-state index is 0. The molecule has 0 aliphatic heterocycles. The lowest BCUT2D eigenvalue weighted by atomic mass is 10.1. The van der Waals surface area contributed by atoms with Gasteiger partial charge >= 0.3 is 0 Å².